The van der Waals surface area contributed by atoms with Crippen LogP contribution in [0.1, 0.15) is 0 Å². The second-order valence-corrected chi connectivity index (χ2v) is 2.60. The van der Waals surface area contributed by atoms with Gasteiger partial charge in [-0.25, -0.2) is 7.23 Å². The van der Waals surface area contributed by atoms with Crippen molar-refractivity contribution in [2.45, 2.75) is 0 Å². The van der Waals surface area contributed by atoms with E-state index in [9.17, 15) is 0 Å². The van der Waals surface area contributed by atoms with Gasteiger partial charge in [-0.3, -0.25) is 0 Å². The molecule has 0 bridgehead atoms. The zero-order chi connectivity index (χ0) is 2.71. The average Bonchev–Trinajstić information content (AvgIpc) is 0.918. The first-order valence-electron chi connectivity index (χ1n) is 0.789. The van der Waals surface area contributed by atoms with Crippen LogP contribution in [-0.2, 0) is 0 Å². The maximum atomic E-state index is 2.61. The molecule has 0 aliphatic heterocycles. The van der Waals surface area contributed by atoms with Crippen molar-refractivity contribution in [1.29, 1.82) is 0 Å². The van der Waals surface area contributed by atoms with Gasteiger partial charge in [0, 0.05) is 0 Å². The Kier molecular flexibility index (Phi) is 56.7. The molecule has 0 aliphatic carbocycles. The van der Waals surface area contributed by atoms with E-state index in [1.54, 1.807) is 0 Å². The Hall–Kier alpha value is 1.54. The van der Waals surface area contributed by atoms with E-state index in [2.05, 4.69) is 22.5 Å². The molecule has 0 aliphatic rings. The van der Waals surface area contributed by atoms with Gasteiger partial charge >= 0.3 is 0 Å². The molecule has 32 valence electrons. The van der Waals surface area contributed by atoms with E-state index in [1.165, 1.54) is 0 Å². The Morgan fingerprint density at radius 2 is 1.40 bits per heavy atom. The Balaban J connectivity index is -0.0000000200. The lowest BCUT2D eigenvalue weighted by Gasteiger charge is -1.51. The van der Waals surface area contributed by atoms with E-state index in [0.717, 1.165) is 7.23 Å². The van der Waals surface area contributed by atoms with Crippen LogP contribution < -0.4 is 0 Å². The number of hydrogen-bond acceptors (Lipinski definition) is 0. The van der Waals surface area contributed by atoms with Crippen molar-refractivity contribution in [3.8, 4) is 0 Å². The third kappa shape index (κ3) is 29.2. The molecule has 1 unspecified atom stereocenters. The van der Waals surface area contributed by atoms with Crippen LogP contribution in [0.5, 0.6) is 0 Å². The van der Waals surface area contributed by atoms with Crippen LogP contribution >= 0.6 is 32.0 Å². The lowest BCUT2D eigenvalue weighted by Crippen LogP contribution is -1.25. The van der Waals surface area contributed by atoms with Gasteiger partial charge in [-0.15, -0.1) is 24.8 Å². The Bertz CT molecular complexity index is 9.61. The minimum absolute atomic E-state index is 0. The molecule has 0 N–H and O–H groups in total. The first kappa shape index (κ1) is 16.0. The van der Waals surface area contributed by atoms with Crippen LogP contribution in [0.4, 0.5) is 0 Å². The fraction of sp³-hybridized carbons (Fsp3) is 1.00. The van der Waals surface area contributed by atoms with Crippen molar-refractivity contribution in [2.75, 3.05) is 6.66 Å². The van der Waals surface area contributed by atoms with E-state index >= 15 is 0 Å². The molecule has 0 aromatic heterocycles. The summed E-state index contributed by atoms with van der Waals surface area (Å²) < 4.78 is 0. The van der Waals surface area contributed by atoms with Crippen molar-refractivity contribution in [2.24, 2.45) is 0 Å². The third-order valence-electron chi connectivity index (χ3n) is 0. The second-order valence-electron chi connectivity index (χ2n) is 0.289. The van der Waals surface area contributed by atoms with Gasteiger partial charge < -0.3 is 0 Å². The smallest absolute Gasteiger partial charge is 0.165 e. The summed E-state index contributed by atoms with van der Waals surface area (Å²) in [5.41, 5.74) is 0. The van der Waals surface area contributed by atoms with Crippen molar-refractivity contribution in [3.63, 3.8) is 0 Å². The highest BCUT2D eigenvalue weighted by molar-refractivity contribution is 7.65. The highest BCUT2D eigenvalue weighted by Gasteiger charge is 1.34. The molecule has 1 atom stereocenters. The summed E-state index contributed by atoms with van der Waals surface area (Å²) in [6.07, 6.45) is 0. The van der Waals surface area contributed by atoms with Gasteiger partial charge in [0.2, 0.25) is 0 Å². The molecule has 0 aromatic carbocycles. The molecule has 0 saturated carbocycles. The molecule has 0 rings (SSSR count). The van der Waals surface area contributed by atoms with E-state index in [-0.39, 0.29) is 24.8 Å². The highest BCUT2D eigenvalue weighted by atomic mass is 35.5. The zero-order valence-electron chi connectivity index (χ0n) is 2.89. The molecule has 0 spiro atoms. The summed E-state index contributed by atoms with van der Waals surface area (Å²) in [5, 5.41) is 0. The lowest BCUT2D eigenvalue weighted by molar-refractivity contribution is 2.51. The first-order valence-corrected chi connectivity index (χ1v) is 4.10. The topological polar surface area (TPSA) is 0 Å². The minimum Gasteiger partial charge on any atom is -0.218 e. The van der Waals surface area contributed by atoms with Crippen LogP contribution in [0, 0.1) is 0 Å². The molecule has 4 heteroatoms. The number of rotatable bonds is 0. The van der Waals surface area contributed by atoms with Gasteiger partial charge in [0.15, 0.2) is 15.8 Å². The zero-order valence-corrected chi connectivity index (χ0v) is 6.68. The van der Waals surface area contributed by atoms with Crippen LogP contribution in [0.25, 0.3) is 0 Å². The number of hydrogen-bond donors (Lipinski definition) is 0. The van der Waals surface area contributed by atoms with Crippen LogP contribution in [0.15, 0.2) is 0 Å². The summed E-state index contributed by atoms with van der Waals surface area (Å²) in [6, 6.07) is 0. The summed E-state index contributed by atoms with van der Waals surface area (Å²) in [6.45, 7) is 2.12. The summed E-state index contributed by atoms with van der Waals surface area (Å²) >= 11 is 2.61. The average molecular weight is 147 g/mol. The molecule has 0 saturated heterocycles. The number of halogens is 2. The van der Waals surface area contributed by atoms with Crippen LogP contribution in [0.2, 0.25) is 0 Å². The second kappa shape index (κ2) is 17.7. The molecule has 0 fully saturated rings. The molecular formula is CH6AlCl2P. The van der Waals surface area contributed by atoms with Crippen molar-refractivity contribution < 1.29 is 0 Å². The lowest BCUT2D eigenvalue weighted by atomic mass is 12.0. The standard InChI is InChI=1S/CH4P.Al.2ClH/c1-2;;;/h2H,1H3;;2*1H/q-1;+1;;. The fourth-order valence-electron chi connectivity index (χ4n) is 0. The van der Waals surface area contributed by atoms with E-state index in [0.29, 0.717) is 0 Å². The molecule has 0 aromatic rings. The highest BCUT2D eigenvalue weighted by Crippen LogP contribution is 1.81. The SMILES string of the molecule is C[PH][Al].Cl.Cl. The molecule has 0 heterocycles. The quantitative estimate of drug-likeness (QED) is 0.357. The normalized spacial score (nSPS) is 5.80. The minimum atomic E-state index is 0. The monoisotopic (exact) mass is 146 g/mol. The molecule has 0 nitrogen and oxygen atoms in total. The van der Waals surface area contributed by atoms with Crippen molar-refractivity contribution >= 4 is 47.9 Å². The summed E-state index contributed by atoms with van der Waals surface area (Å²) in [7, 11) is 1.00. The van der Waals surface area contributed by atoms with Gasteiger partial charge in [-0.2, -0.15) is 0 Å². The Morgan fingerprint density at radius 1 is 1.40 bits per heavy atom. The van der Waals surface area contributed by atoms with Crippen molar-refractivity contribution in [1.82, 2.24) is 0 Å². The van der Waals surface area contributed by atoms with E-state index < -0.39 is 0 Å². The van der Waals surface area contributed by atoms with Gasteiger partial charge in [0.1, 0.15) is 0 Å². The predicted molar refractivity (Wildman–Crippen MR) is 34.5 cm³/mol. The van der Waals surface area contributed by atoms with Gasteiger partial charge in [0.25, 0.3) is 0 Å². The first-order chi connectivity index (χ1) is 1.41. The predicted octanol–water partition coefficient (Wildman–Crippen LogP) is 1.22. The Morgan fingerprint density at radius 3 is 1.40 bits per heavy atom. The van der Waals surface area contributed by atoms with Crippen molar-refractivity contribution in [3.05, 3.63) is 0 Å². The summed E-state index contributed by atoms with van der Waals surface area (Å²) in [5.74, 6) is 0. The maximum Gasteiger partial charge on any atom is 0.165 e. The molecule has 5 heavy (non-hydrogen) atoms. The molecular weight excluding hydrogens is 141 g/mol. The Labute approximate surface area is 54.7 Å². The fourth-order valence-corrected chi connectivity index (χ4v) is 0. The third-order valence-corrected chi connectivity index (χ3v) is 0. The summed E-state index contributed by atoms with van der Waals surface area (Å²) in [4.78, 5) is 0. The largest absolute Gasteiger partial charge is 0.218 e. The van der Waals surface area contributed by atoms with Crippen LogP contribution in [0.3, 0.4) is 0 Å². The van der Waals surface area contributed by atoms with E-state index in [4.69, 9.17) is 0 Å². The van der Waals surface area contributed by atoms with Crippen LogP contribution in [-0.4, -0.2) is 22.5 Å². The van der Waals surface area contributed by atoms with Gasteiger partial charge in [-0.1, -0.05) is 6.66 Å². The maximum absolute atomic E-state index is 2.61. The van der Waals surface area contributed by atoms with Gasteiger partial charge in [-0.05, 0) is 0 Å². The molecule has 0 amide bonds. The molecule has 2 radical (unpaired) electrons. The van der Waals surface area contributed by atoms with Gasteiger partial charge in [0.05, 0.1) is 0 Å². The van der Waals surface area contributed by atoms with E-state index in [1.807, 2.05) is 0 Å².